The number of fused-ring (bicyclic) bond motifs is 1. The van der Waals surface area contributed by atoms with E-state index in [9.17, 15) is 13.2 Å². The molecule has 144 valence electrons. The highest BCUT2D eigenvalue weighted by Gasteiger charge is 2.31. The average molecular weight is 395 g/mol. The molecular formula is C21H21N3O3S. The van der Waals surface area contributed by atoms with Crippen molar-refractivity contribution in [3.63, 3.8) is 0 Å². The summed E-state index contributed by atoms with van der Waals surface area (Å²) in [6.07, 6.45) is 3.07. The highest BCUT2D eigenvalue weighted by molar-refractivity contribution is 7.89. The molecule has 1 aromatic heterocycles. The molecule has 0 radical (unpaired) electrons. The average Bonchev–Trinajstić information content (AvgIpc) is 2.73. The number of carbonyl (C=O) groups excluding carboxylic acids is 1. The van der Waals surface area contributed by atoms with Crippen LogP contribution in [0.25, 0.3) is 10.9 Å². The van der Waals surface area contributed by atoms with E-state index in [0.29, 0.717) is 18.5 Å². The van der Waals surface area contributed by atoms with E-state index >= 15 is 0 Å². The van der Waals surface area contributed by atoms with Crippen molar-refractivity contribution in [3.05, 3.63) is 66.9 Å². The minimum absolute atomic E-state index is 0.0452. The smallest absolute Gasteiger partial charge is 0.242 e. The van der Waals surface area contributed by atoms with Crippen LogP contribution in [0.5, 0.6) is 0 Å². The highest BCUT2D eigenvalue weighted by Crippen LogP contribution is 2.25. The Morgan fingerprint density at radius 3 is 2.64 bits per heavy atom. The summed E-state index contributed by atoms with van der Waals surface area (Å²) < 4.78 is 28.4. The summed E-state index contributed by atoms with van der Waals surface area (Å²) in [7, 11) is -3.78. The maximum Gasteiger partial charge on any atom is 0.242 e. The van der Waals surface area contributed by atoms with Crippen LogP contribution in [0.15, 0.2) is 71.8 Å². The molecule has 2 heterocycles. The molecule has 0 saturated carbocycles. The zero-order valence-electron chi connectivity index (χ0n) is 15.3. The van der Waals surface area contributed by atoms with Crippen LogP contribution < -0.4 is 9.62 Å². The van der Waals surface area contributed by atoms with E-state index in [1.807, 2.05) is 42.5 Å². The van der Waals surface area contributed by atoms with E-state index in [2.05, 4.69) is 9.71 Å². The first kappa shape index (κ1) is 18.6. The molecule has 1 aliphatic heterocycles. The Balaban J connectivity index is 1.52. The lowest BCUT2D eigenvalue weighted by Gasteiger charge is -2.32. The Morgan fingerprint density at radius 1 is 1.04 bits per heavy atom. The number of sulfonamides is 1. The van der Waals surface area contributed by atoms with Gasteiger partial charge in [-0.2, -0.15) is 0 Å². The van der Waals surface area contributed by atoms with Gasteiger partial charge in [0.1, 0.15) is 4.90 Å². The molecule has 1 fully saturated rings. The molecule has 1 saturated heterocycles. The maximum absolute atomic E-state index is 12.9. The molecule has 0 spiro atoms. The molecule has 1 aliphatic rings. The first-order valence-corrected chi connectivity index (χ1v) is 10.7. The third kappa shape index (κ3) is 3.63. The number of aromatic nitrogens is 1. The zero-order valence-corrected chi connectivity index (χ0v) is 16.1. The van der Waals surface area contributed by atoms with Gasteiger partial charge >= 0.3 is 0 Å². The van der Waals surface area contributed by atoms with E-state index in [4.69, 9.17) is 0 Å². The van der Waals surface area contributed by atoms with Gasteiger partial charge in [-0.25, -0.2) is 13.1 Å². The van der Waals surface area contributed by atoms with Crippen LogP contribution in [0.4, 0.5) is 5.69 Å². The summed E-state index contributed by atoms with van der Waals surface area (Å²) in [5, 5.41) is 0.759. The minimum Gasteiger partial charge on any atom is -0.312 e. The van der Waals surface area contributed by atoms with Gasteiger partial charge in [0.25, 0.3) is 0 Å². The number of carbonyl (C=O) groups is 1. The molecule has 1 N–H and O–H groups in total. The van der Waals surface area contributed by atoms with Crippen molar-refractivity contribution < 1.29 is 13.2 Å². The largest absolute Gasteiger partial charge is 0.312 e. The molecule has 2 aromatic carbocycles. The summed E-state index contributed by atoms with van der Waals surface area (Å²) in [6.45, 7) is 0.729. The number of pyridine rings is 1. The Labute approximate surface area is 164 Å². The molecule has 7 heteroatoms. The number of piperidine rings is 1. The number of nitrogens with zero attached hydrogens (tertiary/aromatic N) is 2. The fourth-order valence-corrected chi connectivity index (χ4v) is 4.84. The molecule has 0 bridgehead atoms. The second kappa shape index (κ2) is 7.69. The second-order valence-corrected chi connectivity index (χ2v) is 8.58. The fraction of sp³-hybridized carbons (Fsp3) is 0.238. The van der Waals surface area contributed by atoms with Crippen molar-refractivity contribution in [2.24, 2.45) is 5.92 Å². The van der Waals surface area contributed by atoms with Crippen LogP contribution in [0.3, 0.4) is 0 Å². The van der Waals surface area contributed by atoms with Gasteiger partial charge in [0.05, 0.1) is 11.4 Å². The predicted octanol–water partition coefficient (Wildman–Crippen LogP) is 2.96. The Hall–Kier alpha value is -2.77. The van der Waals surface area contributed by atoms with Crippen molar-refractivity contribution in [1.82, 2.24) is 9.71 Å². The van der Waals surface area contributed by atoms with Crippen LogP contribution in [-0.4, -0.2) is 32.4 Å². The number of rotatable bonds is 5. The standard InChI is InChI=1S/C21H21N3O3S/c25-21-17(9-6-14-24(21)18-10-2-1-3-11-18)15-23-28(26,27)19-12-4-7-16-8-5-13-22-20(16)19/h1-5,7-8,10-13,17,23H,6,9,14-15H2. The van der Waals surface area contributed by atoms with Crippen molar-refractivity contribution in [3.8, 4) is 0 Å². The third-order valence-corrected chi connectivity index (χ3v) is 6.48. The Bertz CT molecular complexity index is 1090. The number of nitrogens with one attached hydrogen (secondary N) is 1. The van der Waals surface area contributed by atoms with Gasteiger partial charge in [-0.05, 0) is 37.1 Å². The van der Waals surface area contributed by atoms with Crippen LogP contribution in [0, 0.1) is 5.92 Å². The SMILES string of the molecule is O=C1C(CNS(=O)(=O)c2cccc3cccnc23)CCCN1c1ccccc1. The van der Waals surface area contributed by atoms with Crippen molar-refractivity contribution in [2.75, 3.05) is 18.0 Å². The summed E-state index contributed by atoms with van der Waals surface area (Å²) in [5.41, 5.74) is 1.27. The van der Waals surface area contributed by atoms with E-state index in [-0.39, 0.29) is 23.3 Å². The molecule has 4 rings (SSSR count). The van der Waals surface area contributed by atoms with E-state index < -0.39 is 10.0 Å². The molecule has 0 aliphatic carbocycles. The van der Waals surface area contributed by atoms with Gasteiger partial charge in [-0.15, -0.1) is 0 Å². The lowest BCUT2D eigenvalue weighted by molar-refractivity contribution is -0.123. The van der Waals surface area contributed by atoms with Crippen LogP contribution >= 0.6 is 0 Å². The van der Waals surface area contributed by atoms with Crippen LogP contribution in [0.1, 0.15) is 12.8 Å². The van der Waals surface area contributed by atoms with Gasteiger partial charge in [-0.1, -0.05) is 36.4 Å². The van der Waals surface area contributed by atoms with Crippen LogP contribution in [0.2, 0.25) is 0 Å². The quantitative estimate of drug-likeness (QED) is 0.720. The summed E-state index contributed by atoms with van der Waals surface area (Å²) in [4.78, 5) is 19.0. The fourth-order valence-electron chi connectivity index (χ4n) is 3.58. The minimum atomic E-state index is -3.78. The molecule has 3 aromatic rings. The normalized spacial score (nSPS) is 17.8. The van der Waals surface area contributed by atoms with Gasteiger partial charge in [-0.3, -0.25) is 9.78 Å². The monoisotopic (exact) mass is 395 g/mol. The maximum atomic E-state index is 12.9. The number of hydrogen-bond acceptors (Lipinski definition) is 4. The summed E-state index contributed by atoms with van der Waals surface area (Å²) >= 11 is 0. The lowest BCUT2D eigenvalue weighted by atomic mass is 9.97. The number of amides is 1. The Morgan fingerprint density at radius 2 is 1.82 bits per heavy atom. The van der Waals surface area contributed by atoms with Crippen LogP contribution in [-0.2, 0) is 14.8 Å². The zero-order chi connectivity index (χ0) is 19.6. The second-order valence-electron chi connectivity index (χ2n) is 6.85. The molecular weight excluding hydrogens is 374 g/mol. The molecule has 1 unspecified atom stereocenters. The molecule has 1 atom stereocenters. The predicted molar refractivity (Wildman–Crippen MR) is 108 cm³/mol. The number of hydrogen-bond donors (Lipinski definition) is 1. The van der Waals surface area contributed by atoms with Gasteiger partial charge in [0, 0.05) is 30.4 Å². The van der Waals surface area contributed by atoms with E-state index in [1.54, 1.807) is 23.2 Å². The van der Waals surface area contributed by atoms with Crippen molar-refractivity contribution in [1.29, 1.82) is 0 Å². The summed E-state index contributed by atoms with van der Waals surface area (Å²) in [6, 6.07) is 18.1. The topological polar surface area (TPSA) is 79.4 Å². The molecule has 28 heavy (non-hydrogen) atoms. The Kier molecular flexibility index (Phi) is 5.11. The highest BCUT2D eigenvalue weighted by atomic mass is 32.2. The first-order valence-electron chi connectivity index (χ1n) is 9.26. The number of para-hydroxylation sites is 2. The molecule has 1 amide bonds. The van der Waals surface area contributed by atoms with Gasteiger partial charge in [0.15, 0.2) is 0 Å². The van der Waals surface area contributed by atoms with Gasteiger partial charge in [0.2, 0.25) is 15.9 Å². The van der Waals surface area contributed by atoms with E-state index in [1.165, 1.54) is 6.07 Å². The third-order valence-electron chi connectivity index (χ3n) is 5.02. The first-order chi connectivity index (χ1) is 13.6. The number of anilines is 1. The van der Waals surface area contributed by atoms with Gasteiger partial charge < -0.3 is 4.90 Å². The number of benzene rings is 2. The lowest BCUT2D eigenvalue weighted by Crippen LogP contribution is -2.45. The van der Waals surface area contributed by atoms with Crippen molar-refractivity contribution >= 4 is 32.5 Å². The van der Waals surface area contributed by atoms with Crippen molar-refractivity contribution in [2.45, 2.75) is 17.7 Å². The van der Waals surface area contributed by atoms with E-state index in [0.717, 1.165) is 17.5 Å². The summed E-state index contributed by atoms with van der Waals surface area (Å²) in [5.74, 6) is -0.428. The molecule has 6 nitrogen and oxygen atoms in total.